The predicted molar refractivity (Wildman–Crippen MR) is 139 cm³/mol. The Morgan fingerprint density at radius 1 is 1.03 bits per heavy atom. The van der Waals surface area contributed by atoms with Crippen molar-refractivity contribution in [2.45, 2.75) is 6.92 Å². The molecule has 0 unspecified atom stereocenters. The summed E-state index contributed by atoms with van der Waals surface area (Å²) in [7, 11) is 0. The molecule has 33 heavy (non-hydrogen) atoms. The number of ether oxygens (including phenoxy) is 1. The van der Waals surface area contributed by atoms with E-state index in [1.807, 2.05) is 43.3 Å². The van der Waals surface area contributed by atoms with Crippen molar-refractivity contribution < 1.29 is 14.3 Å². The van der Waals surface area contributed by atoms with Crippen LogP contribution in [-0.4, -0.2) is 22.9 Å². The summed E-state index contributed by atoms with van der Waals surface area (Å²) in [6.45, 7) is 2.31. The molecule has 0 aliphatic rings. The van der Waals surface area contributed by atoms with E-state index in [4.69, 9.17) is 9.15 Å². The van der Waals surface area contributed by atoms with Gasteiger partial charge in [0.2, 0.25) is 5.89 Å². The van der Waals surface area contributed by atoms with Gasteiger partial charge in [-0.1, -0.05) is 30.3 Å². The number of phenolic OH excluding ortho intramolecular Hbond substituents is 1. The average molecular weight is 566 g/mol. The van der Waals surface area contributed by atoms with Gasteiger partial charge in [0.05, 0.1) is 17.9 Å². The maximum atomic E-state index is 10.6. The number of fused-ring (bicyclic) bond motifs is 2. The van der Waals surface area contributed by atoms with Crippen LogP contribution in [0.4, 0.5) is 5.69 Å². The lowest BCUT2D eigenvalue weighted by atomic mass is 10.1. The highest BCUT2D eigenvalue weighted by Crippen LogP contribution is 2.40. The molecule has 0 saturated heterocycles. The van der Waals surface area contributed by atoms with Crippen LogP contribution in [0.2, 0.25) is 0 Å². The minimum absolute atomic E-state index is 0.0248. The molecule has 0 atom stereocenters. The molecule has 0 saturated carbocycles. The molecule has 164 valence electrons. The summed E-state index contributed by atoms with van der Waals surface area (Å²) < 4.78 is 12.9. The summed E-state index contributed by atoms with van der Waals surface area (Å²) in [6, 6.07) is 21.6. The Morgan fingerprint density at radius 2 is 1.85 bits per heavy atom. The van der Waals surface area contributed by atoms with E-state index in [9.17, 15) is 5.11 Å². The molecule has 5 rings (SSSR count). The molecule has 0 amide bonds. The summed E-state index contributed by atoms with van der Waals surface area (Å²) in [4.78, 5) is 9.21. The molecule has 4 aromatic carbocycles. The molecule has 0 radical (unpaired) electrons. The van der Waals surface area contributed by atoms with E-state index in [1.54, 1.807) is 12.3 Å². The number of hydrogen-bond acceptors (Lipinski definition) is 5. The zero-order valence-electron chi connectivity index (χ0n) is 17.5. The van der Waals surface area contributed by atoms with Crippen LogP contribution in [-0.2, 0) is 0 Å². The lowest BCUT2D eigenvalue weighted by Crippen LogP contribution is -1.95. The van der Waals surface area contributed by atoms with Gasteiger partial charge in [0.1, 0.15) is 5.52 Å². The number of hydrogen-bond donors (Lipinski definition) is 1. The van der Waals surface area contributed by atoms with Gasteiger partial charge in [0.25, 0.3) is 0 Å². The summed E-state index contributed by atoms with van der Waals surface area (Å²) in [6.07, 6.45) is 1.60. The molecule has 0 spiro atoms. The second-order valence-corrected chi connectivity index (χ2v) is 9.00. The Balaban J connectivity index is 1.49. The lowest BCUT2D eigenvalue weighted by Gasteiger charge is -2.11. The second kappa shape index (κ2) is 9.00. The number of aliphatic imine (C=N–C) groups is 1. The van der Waals surface area contributed by atoms with E-state index in [2.05, 4.69) is 66.1 Å². The molecule has 0 aliphatic carbocycles. The molecule has 0 fully saturated rings. The van der Waals surface area contributed by atoms with Gasteiger partial charge in [0, 0.05) is 20.7 Å². The summed E-state index contributed by atoms with van der Waals surface area (Å²) in [5.41, 5.74) is 3.51. The first-order chi connectivity index (χ1) is 16.0. The molecular formula is C26H18Br2N2O3. The van der Waals surface area contributed by atoms with Gasteiger partial charge < -0.3 is 14.3 Å². The van der Waals surface area contributed by atoms with E-state index in [1.165, 1.54) is 5.39 Å². The van der Waals surface area contributed by atoms with Crippen LogP contribution in [0, 0.1) is 0 Å². The van der Waals surface area contributed by atoms with Crippen LogP contribution in [0.15, 0.2) is 85.1 Å². The Kier molecular flexibility index (Phi) is 5.91. The van der Waals surface area contributed by atoms with Crippen molar-refractivity contribution >= 4 is 65.6 Å². The fourth-order valence-corrected chi connectivity index (χ4v) is 4.40. The van der Waals surface area contributed by atoms with Crippen molar-refractivity contribution in [3.8, 4) is 23.0 Å². The molecule has 5 nitrogen and oxygen atoms in total. The van der Waals surface area contributed by atoms with Gasteiger partial charge in [-0.2, -0.15) is 0 Å². The lowest BCUT2D eigenvalue weighted by molar-refractivity contribution is 0.317. The van der Waals surface area contributed by atoms with Crippen LogP contribution in [0.5, 0.6) is 11.5 Å². The number of aromatic nitrogens is 1. The highest BCUT2D eigenvalue weighted by molar-refractivity contribution is 9.13. The van der Waals surface area contributed by atoms with Gasteiger partial charge in [-0.05, 0) is 86.0 Å². The Labute approximate surface area is 207 Å². The topological polar surface area (TPSA) is 67.9 Å². The van der Waals surface area contributed by atoms with Gasteiger partial charge in [-0.3, -0.25) is 4.99 Å². The van der Waals surface area contributed by atoms with E-state index in [0.717, 1.165) is 15.4 Å². The van der Waals surface area contributed by atoms with Gasteiger partial charge in [-0.25, -0.2) is 4.98 Å². The number of rotatable bonds is 5. The van der Waals surface area contributed by atoms with E-state index in [0.29, 0.717) is 45.1 Å². The molecular weight excluding hydrogens is 548 g/mol. The number of oxazole rings is 1. The molecule has 1 N–H and O–H groups in total. The van der Waals surface area contributed by atoms with E-state index in [-0.39, 0.29) is 5.75 Å². The minimum Gasteiger partial charge on any atom is -0.504 e. The van der Waals surface area contributed by atoms with Crippen LogP contribution in [0.25, 0.3) is 33.3 Å². The van der Waals surface area contributed by atoms with E-state index < -0.39 is 0 Å². The first-order valence-corrected chi connectivity index (χ1v) is 11.9. The third-order valence-electron chi connectivity index (χ3n) is 5.20. The Bertz CT molecular complexity index is 1530. The highest BCUT2D eigenvalue weighted by atomic mass is 79.9. The third-order valence-corrected chi connectivity index (χ3v) is 7.21. The first kappa shape index (κ1) is 21.7. The van der Waals surface area contributed by atoms with Gasteiger partial charge >= 0.3 is 0 Å². The van der Waals surface area contributed by atoms with Crippen LogP contribution in [0.3, 0.4) is 0 Å². The Hall–Kier alpha value is -3.16. The number of benzene rings is 4. The standard InChI is InChI=1S/C26H18Br2N2O3/c1-2-32-23-13-20(27)24(28)19(25(23)31)14-29-18-9-10-22-21(12-18)30-26(33-22)17-8-7-15-5-3-4-6-16(15)11-17/h3-14,31H,2H2,1H3. The van der Waals surface area contributed by atoms with Gasteiger partial charge in [-0.15, -0.1) is 0 Å². The maximum absolute atomic E-state index is 10.6. The van der Waals surface area contributed by atoms with Crippen LogP contribution < -0.4 is 4.74 Å². The fraction of sp³-hybridized carbons (Fsp3) is 0.0769. The quantitative estimate of drug-likeness (QED) is 0.219. The average Bonchev–Trinajstić information content (AvgIpc) is 3.26. The van der Waals surface area contributed by atoms with Crippen molar-refractivity contribution in [1.29, 1.82) is 0 Å². The first-order valence-electron chi connectivity index (χ1n) is 10.3. The van der Waals surface area contributed by atoms with Gasteiger partial charge in [0.15, 0.2) is 17.1 Å². The Morgan fingerprint density at radius 3 is 2.67 bits per heavy atom. The van der Waals surface area contributed by atoms with Crippen molar-refractivity contribution in [1.82, 2.24) is 4.98 Å². The third kappa shape index (κ3) is 4.26. The van der Waals surface area contributed by atoms with Crippen LogP contribution in [0.1, 0.15) is 12.5 Å². The minimum atomic E-state index is 0.0248. The van der Waals surface area contributed by atoms with Crippen molar-refractivity contribution in [2.75, 3.05) is 6.61 Å². The maximum Gasteiger partial charge on any atom is 0.227 e. The molecule has 5 aromatic rings. The fourth-order valence-electron chi connectivity index (χ4n) is 3.58. The second-order valence-electron chi connectivity index (χ2n) is 7.36. The SMILES string of the molecule is CCOc1cc(Br)c(Br)c(C=Nc2ccc3oc(-c4ccc5ccccc5c4)nc3c2)c1O. The van der Waals surface area contributed by atoms with Crippen molar-refractivity contribution in [3.05, 3.63) is 81.2 Å². The van der Waals surface area contributed by atoms with E-state index >= 15 is 0 Å². The number of nitrogens with zero attached hydrogens (tertiary/aromatic N) is 2. The molecule has 7 heteroatoms. The highest BCUT2D eigenvalue weighted by Gasteiger charge is 2.15. The monoisotopic (exact) mass is 564 g/mol. The number of phenols is 1. The summed E-state index contributed by atoms with van der Waals surface area (Å²) in [5.74, 6) is 0.975. The number of halogens is 2. The van der Waals surface area contributed by atoms with Crippen molar-refractivity contribution in [3.63, 3.8) is 0 Å². The molecule has 0 bridgehead atoms. The molecule has 1 heterocycles. The smallest absolute Gasteiger partial charge is 0.227 e. The zero-order valence-corrected chi connectivity index (χ0v) is 20.7. The molecule has 1 aromatic heterocycles. The largest absolute Gasteiger partial charge is 0.504 e. The number of aromatic hydroxyl groups is 1. The zero-order chi connectivity index (χ0) is 22.9. The normalized spacial score (nSPS) is 11.6. The molecule has 0 aliphatic heterocycles. The predicted octanol–water partition coefficient (Wildman–Crippen LogP) is 8.03. The summed E-state index contributed by atoms with van der Waals surface area (Å²) in [5, 5.41) is 12.9. The van der Waals surface area contributed by atoms with Crippen molar-refractivity contribution in [2.24, 2.45) is 4.99 Å². The van der Waals surface area contributed by atoms with Crippen LogP contribution >= 0.6 is 31.9 Å². The summed E-state index contributed by atoms with van der Waals surface area (Å²) >= 11 is 6.97.